The van der Waals surface area contributed by atoms with Crippen LogP contribution < -0.4 is 21.4 Å². The smallest absolute Gasteiger partial charge is 0.329 e. The van der Waals surface area contributed by atoms with Gasteiger partial charge >= 0.3 is 5.69 Å². The maximum Gasteiger partial charge on any atom is 0.329 e. The Hall–Kier alpha value is -3.36. The Labute approximate surface area is 142 Å². The molecule has 0 amide bonds. The zero-order chi connectivity index (χ0) is 18.0. The molecule has 0 aliphatic heterocycles. The third-order valence-corrected chi connectivity index (χ3v) is 3.70. The molecule has 0 saturated heterocycles. The summed E-state index contributed by atoms with van der Waals surface area (Å²) < 4.78 is 8.20. The minimum atomic E-state index is -0.514. The summed E-state index contributed by atoms with van der Waals surface area (Å²) in [5.74, 6) is 1.15. The number of fused-ring (bicyclic) bond motifs is 1. The number of aryl methyl sites for hydroxylation is 2. The summed E-state index contributed by atoms with van der Waals surface area (Å²) >= 11 is 0. The number of rotatable bonds is 5. The molecule has 2 heterocycles. The molecule has 3 rings (SSSR count). The first-order valence-electron chi connectivity index (χ1n) is 7.69. The normalized spacial score (nSPS) is 11.3. The van der Waals surface area contributed by atoms with E-state index in [4.69, 9.17) is 4.74 Å². The molecule has 0 saturated carbocycles. The van der Waals surface area contributed by atoms with Gasteiger partial charge in [-0.2, -0.15) is 10.1 Å². The van der Waals surface area contributed by atoms with Crippen LogP contribution in [0, 0.1) is 0 Å². The van der Waals surface area contributed by atoms with Crippen LogP contribution in [0.4, 0.5) is 5.95 Å². The van der Waals surface area contributed by atoms with Gasteiger partial charge in [0.15, 0.2) is 11.2 Å². The molecule has 0 aliphatic carbocycles. The first kappa shape index (κ1) is 16.5. The number of hydrogen-bond acceptors (Lipinski definition) is 6. The van der Waals surface area contributed by atoms with E-state index in [1.807, 2.05) is 31.2 Å². The van der Waals surface area contributed by atoms with Crippen LogP contribution in [0.1, 0.15) is 12.5 Å². The number of benzene rings is 1. The van der Waals surface area contributed by atoms with Crippen molar-refractivity contribution in [3.05, 3.63) is 50.7 Å². The number of nitrogens with one attached hydrogen (secondary N) is 2. The van der Waals surface area contributed by atoms with E-state index in [1.54, 1.807) is 24.9 Å². The molecule has 0 bridgehead atoms. The van der Waals surface area contributed by atoms with Crippen LogP contribution in [0.25, 0.3) is 11.2 Å². The van der Waals surface area contributed by atoms with Gasteiger partial charge in [-0.1, -0.05) is 0 Å². The van der Waals surface area contributed by atoms with Crippen LogP contribution in [0.5, 0.6) is 5.75 Å². The molecule has 0 fully saturated rings. The van der Waals surface area contributed by atoms with Crippen LogP contribution in [0.2, 0.25) is 0 Å². The molecule has 1 aromatic carbocycles. The van der Waals surface area contributed by atoms with Crippen molar-refractivity contribution in [2.24, 2.45) is 19.2 Å². The average Bonchev–Trinajstić information content (AvgIpc) is 2.92. The second-order valence-electron chi connectivity index (χ2n) is 5.36. The summed E-state index contributed by atoms with van der Waals surface area (Å²) in [5, 5.41) is 4.13. The van der Waals surface area contributed by atoms with Crippen molar-refractivity contribution in [1.82, 2.24) is 19.1 Å². The molecule has 0 radical (unpaired) electrons. The van der Waals surface area contributed by atoms with Gasteiger partial charge < -0.3 is 9.30 Å². The van der Waals surface area contributed by atoms with E-state index in [1.165, 1.54) is 4.57 Å². The Morgan fingerprint density at radius 2 is 1.96 bits per heavy atom. The molecule has 0 spiro atoms. The SMILES string of the molecule is CCOc1ccc(/C=N\Nc2nc3c(c(=O)[nH]c(=O)n3C)n2C)cc1. The highest BCUT2D eigenvalue weighted by atomic mass is 16.5. The highest BCUT2D eigenvalue weighted by Gasteiger charge is 2.14. The van der Waals surface area contributed by atoms with Crippen molar-refractivity contribution in [2.75, 3.05) is 12.0 Å². The van der Waals surface area contributed by atoms with Crippen LogP contribution >= 0.6 is 0 Å². The second-order valence-corrected chi connectivity index (χ2v) is 5.36. The van der Waals surface area contributed by atoms with Crippen LogP contribution in [0.15, 0.2) is 39.0 Å². The third-order valence-electron chi connectivity index (χ3n) is 3.70. The molecule has 2 aromatic heterocycles. The predicted molar refractivity (Wildman–Crippen MR) is 95.4 cm³/mol. The fourth-order valence-corrected chi connectivity index (χ4v) is 2.39. The van der Waals surface area contributed by atoms with Crippen LogP contribution in [0.3, 0.4) is 0 Å². The lowest BCUT2D eigenvalue weighted by atomic mass is 10.2. The van der Waals surface area contributed by atoms with Crippen molar-refractivity contribution in [2.45, 2.75) is 6.92 Å². The van der Waals surface area contributed by atoms with Gasteiger partial charge in [0, 0.05) is 14.1 Å². The molecule has 0 aliphatic rings. The highest BCUT2D eigenvalue weighted by Crippen LogP contribution is 2.13. The lowest BCUT2D eigenvalue weighted by Gasteiger charge is -2.02. The van der Waals surface area contributed by atoms with Crippen molar-refractivity contribution in [1.29, 1.82) is 0 Å². The molecule has 9 nitrogen and oxygen atoms in total. The van der Waals surface area contributed by atoms with Gasteiger partial charge in [-0.05, 0) is 36.8 Å². The summed E-state index contributed by atoms with van der Waals surface area (Å²) in [6.45, 7) is 2.54. The van der Waals surface area contributed by atoms with Crippen molar-refractivity contribution < 1.29 is 4.74 Å². The minimum absolute atomic E-state index is 0.287. The minimum Gasteiger partial charge on any atom is -0.494 e. The average molecular weight is 342 g/mol. The molecule has 25 heavy (non-hydrogen) atoms. The number of ether oxygens (including phenoxy) is 1. The lowest BCUT2D eigenvalue weighted by Crippen LogP contribution is -2.29. The number of hydrogen-bond donors (Lipinski definition) is 2. The second kappa shape index (κ2) is 6.63. The largest absolute Gasteiger partial charge is 0.494 e. The maximum atomic E-state index is 12.0. The van der Waals surface area contributed by atoms with Crippen LogP contribution in [-0.2, 0) is 14.1 Å². The fraction of sp³-hybridized carbons (Fsp3) is 0.250. The van der Waals surface area contributed by atoms with Gasteiger partial charge in [0.1, 0.15) is 5.75 Å². The van der Waals surface area contributed by atoms with E-state index in [0.717, 1.165) is 11.3 Å². The van der Waals surface area contributed by atoms with E-state index in [9.17, 15) is 9.59 Å². The molecule has 3 aromatic rings. The zero-order valence-electron chi connectivity index (χ0n) is 14.1. The first-order chi connectivity index (χ1) is 12.0. The van der Waals surface area contributed by atoms with Crippen LogP contribution in [-0.4, -0.2) is 31.9 Å². The highest BCUT2D eigenvalue weighted by molar-refractivity contribution is 5.80. The van der Waals surface area contributed by atoms with Crippen molar-refractivity contribution in [3.8, 4) is 5.75 Å². The van der Waals surface area contributed by atoms with E-state index < -0.39 is 11.2 Å². The molecule has 130 valence electrons. The van der Waals surface area contributed by atoms with Gasteiger partial charge in [0.05, 0.1) is 12.8 Å². The van der Waals surface area contributed by atoms with E-state index in [-0.39, 0.29) is 5.65 Å². The molecule has 9 heteroatoms. The fourth-order valence-electron chi connectivity index (χ4n) is 2.39. The summed E-state index contributed by atoms with van der Waals surface area (Å²) in [6.07, 6.45) is 1.62. The number of nitrogens with zero attached hydrogens (tertiary/aromatic N) is 4. The van der Waals surface area contributed by atoms with Gasteiger partial charge in [0.2, 0.25) is 5.95 Å². The summed E-state index contributed by atoms with van der Waals surface area (Å²) in [4.78, 5) is 30.1. The van der Waals surface area contributed by atoms with E-state index >= 15 is 0 Å². The van der Waals surface area contributed by atoms with E-state index in [0.29, 0.717) is 18.1 Å². The van der Waals surface area contributed by atoms with Gasteiger partial charge in [-0.3, -0.25) is 14.3 Å². The standard InChI is InChI=1S/C16H18N6O3/c1-4-25-11-7-5-10(6-8-11)9-17-20-15-18-13-12(21(15)2)14(23)19-16(24)22(13)3/h5-9H,4H2,1-3H3,(H,18,20)(H,19,23,24)/b17-9-. The number of anilines is 1. The molecule has 2 N–H and O–H groups in total. The monoisotopic (exact) mass is 342 g/mol. The Morgan fingerprint density at radius 3 is 2.64 bits per heavy atom. The summed E-state index contributed by atoms with van der Waals surface area (Å²) in [7, 11) is 3.21. The molecular weight excluding hydrogens is 324 g/mol. The van der Waals surface area contributed by atoms with Gasteiger partial charge in [-0.25, -0.2) is 10.2 Å². The Balaban J connectivity index is 1.85. The number of aromatic amines is 1. The summed E-state index contributed by atoms with van der Waals surface area (Å²) in [5.41, 5.74) is 3.24. The maximum absolute atomic E-state index is 12.0. The quantitative estimate of drug-likeness (QED) is 0.527. The number of hydrazone groups is 1. The number of H-pyrrole nitrogens is 1. The molecule has 0 atom stereocenters. The Kier molecular flexibility index (Phi) is 4.38. The Morgan fingerprint density at radius 1 is 1.24 bits per heavy atom. The third kappa shape index (κ3) is 3.16. The zero-order valence-corrected chi connectivity index (χ0v) is 14.1. The molecular formula is C16H18N6O3. The first-order valence-corrected chi connectivity index (χ1v) is 7.69. The lowest BCUT2D eigenvalue weighted by molar-refractivity contribution is 0.340. The van der Waals surface area contributed by atoms with Crippen molar-refractivity contribution in [3.63, 3.8) is 0 Å². The van der Waals surface area contributed by atoms with Crippen molar-refractivity contribution >= 4 is 23.3 Å². The predicted octanol–water partition coefficient (Wildman–Crippen LogP) is 0.805. The molecule has 0 unspecified atom stereocenters. The van der Waals surface area contributed by atoms with Gasteiger partial charge in [0.25, 0.3) is 5.56 Å². The number of imidazole rings is 1. The van der Waals surface area contributed by atoms with E-state index in [2.05, 4.69) is 20.5 Å². The topological polar surface area (TPSA) is 106 Å². The summed E-state index contributed by atoms with van der Waals surface area (Å²) in [6, 6.07) is 7.46. The number of aromatic nitrogens is 4. The Bertz CT molecular complexity index is 1040. The van der Waals surface area contributed by atoms with Gasteiger partial charge in [-0.15, -0.1) is 0 Å².